The number of nitrogens with one attached hydrogen (secondary N) is 2. The molecule has 2 saturated heterocycles. The lowest BCUT2D eigenvalue weighted by Crippen LogP contribution is -2.45. The third-order valence-corrected chi connectivity index (χ3v) is 7.19. The minimum absolute atomic E-state index is 0.0974. The zero-order valence-electron chi connectivity index (χ0n) is 19.3. The lowest BCUT2D eigenvalue weighted by Gasteiger charge is -2.38. The van der Waals surface area contributed by atoms with Gasteiger partial charge in [0.25, 0.3) is 0 Å². The minimum atomic E-state index is -0.0974. The number of nitrogens with zero attached hydrogens (tertiary/aromatic N) is 3. The molecule has 1 aromatic carbocycles. The van der Waals surface area contributed by atoms with E-state index in [0.717, 1.165) is 55.5 Å². The van der Waals surface area contributed by atoms with Gasteiger partial charge in [-0.15, -0.1) is 0 Å². The molecule has 33 heavy (non-hydrogen) atoms. The van der Waals surface area contributed by atoms with Gasteiger partial charge in [0.15, 0.2) is 5.11 Å². The van der Waals surface area contributed by atoms with E-state index in [4.69, 9.17) is 38.3 Å². The third kappa shape index (κ3) is 6.05. The standard InChI is InChI=1S/C24H32ClN5O2S/c1-17-6-10-30(11-7-17)20-15-21(31-2)28-22(27-20)29-23(33)26-16-24(8-12-32-13-9-24)18-4-3-5-19(25)14-18/h3-5,14-15,17H,6-13,16H2,1-2H3,(H2,26,27,28,29,33). The van der Waals surface area contributed by atoms with E-state index in [1.54, 1.807) is 7.11 Å². The van der Waals surface area contributed by atoms with Crippen LogP contribution in [0, 0.1) is 5.92 Å². The van der Waals surface area contributed by atoms with Gasteiger partial charge in [-0.2, -0.15) is 9.97 Å². The summed E-state index contributed by atoms with van der Waals surface area (Å²) in [6.07, 6.45) is 4.11. The van der Waals surface area contributed by atoms with E-state index in [-0.39, 0.29) is 5.41 Å². The molecule has 0 saturated carbocycles. The van der Waals surface area contributed by atoms with Crippen LogP contribution in [0.1, 0.15) is 38.2 Å². The largest absolute Gasteiger partial charge is 0.481 e. The molecule has 0 radical (unpaired) electrons. The molecule has 4 rings (SSSR count). The van der Waals surface area contributed by atoms with Crippen molar-refractivity contribution in [1.29, 1.82) is 0 Å². The van der Waals surface area contributed by atoms with E-state index >= 15 is 0 Å². The monoisotopic (exact) mass is 489 g/mol. The summed E-state index contributed by atoms with van der Waals surface area (Å²) in [5.41, 5.74) is 1.10. The number of anilines is 2. The molecule has 0 spiro atoms. The number of halogens is 1. The Hall–Kier alpha value is -2.16. The number of benzene rings is 1. The van der Waals surface area contributed by atoms with Crippen LogP contribution < -0.4 is 20.3 Å². The second-order valence-corrected chi connectivity index (χ2v) is 9.82. The van der Waals surface area contributed by atoms with Gasteiger partial charge in [-0.25, -0.2) is 0 Å². The van der Waals surface area contributed by atoms with E-state index in [0.29, 0.717) is 36.7 Å². The third-order valence-electron chi connectivity index (χ3n) is 6.71. The first-order valence-electron chi connectivity index (χ1n) is 11.5. The predicted molar refractivity (Wildman–Crippen MR) is 137 cm³/mol. The summed E-state index contributed by atoms with van der Waals surface area (Å²) in [5, 5.41) is 7.77. The average Bonchev–Trinajstić information content (AvgIpc) is 2.83. The first kappa shape index (κ1) is 24.0. The van der Waals surface area contributed by atoms with E-state index < -0.39 is 0 Å². The van der Waals surface area contributed by atoms with Crippen molar-refractivity contribution in [3.05, 3.63) is 40.9 Å². The molecule has 0 aliphatic carbocycles. The van der Waals surface area contributed by atoms with Crippen LogP contribution in [-0.2, 0) is 10.2 Å². The Balaban J connectivity index is 1.45. The first-order chi connectivity index (χ1) is 16.0. The Morgan fingerprint density at radius 3 is 2.70 bits per heavy atom. The average molecular weight is 490 g/mol. The summed E-state index contributed by atoms with van der Waals surface area (Å²) >= 11 is 11.9. The SMILES string of the molecule is COc1cc(N2CCC(C)CC2)nc(NC(=S)NCC2(c3cccc(Cl)c3)CCOCC2)n1. The molecule has 1 aromatic heterocycles. The van der Waals surface area contributed by atoms with Crippen LogP contribution >= 0.6 is 23.8 Å². The van der Waals surface area contributed by atoms with Crippen molar-refractivity contribution in [2.24, 2.45) is 5.92 Å². The van der Waals surface area contributed by atoms with E-state index in [2.05, 4.69) is 33.5 Å². The lowest BCUT2D eigenvalue weighted by molar-refractivity contribution is 0.0515. The molecule has 7 nitrogen and oxygen atoms in total. The van der Waals surface area contributed by atoms with E-state index in [1.165, 1.54) is 5.56 Å². The summed E-state index contributed by atoms with van der Waals surface area (Å²) < 4.78 is 11.1. The second kappa shape index (κ2) is 10.8. The van der Waals surface area contributed by atoms with Gasteiger partial charge in [0, 0.05) is 49.4 Å². The highest BCUT2D eigenvalue weighted by molar-refractivity contribution is 7.80. The van der Waals surface area contributed by atoms with Crippen LogP contribution in [-0.4, -0.2) is 55.0 Å². The quantitative estimate of drug-likeness (QED) is 0.578. The van der Waals surface area contributed by atoms with Crippen LogP contribution in [0.2, 0.25) is 5.02 Å². The Bertz CT molecular complexity index is 962. The van der Waals surface area contributed by atoms with Crippen LogP contribution in [0.15, 0.2) is 30.3 Å². The normalized spacial score (nSPS) is 18.6. The summed E-state index contributed by atoms with van der Waals surface area (Å²) in [5.74, 6) is 2.56. The zero-order chi connectivity index (χ0) is 23.3. The smallest absolute Gasteiger partial charge is 0.234 e. The van der Waals surface area contributed by atoms with Crippen molar-refractivity contribution in [1.82, 2.24) is 15.3 Å². The number of piperidine rings is 1. The summed E-state index contributed by atoms with van der Waals surface area (Å²) in [6.45, 7) is 6.35. The predicted octanol–water partition coefficient (Wildman–Crippen LogP) is 4.41. The zero-order valence-corrected chi connectivity index (χ0v) is 20.8. The molecule has 2 aromatic rings. The van der Waals surface area contributed by atoms with Crippen molar-refractivity contribution >= 4 is 40.7 Å². The fourth-order valence-electron chi connectivity index (χ4n) is 4.52. The molecule has 0 amide bonds. The van der Waals surface area contributed by atoms with Gasteiger partial charge in [0.05, 0.1) is 7.11 Å². The van der Waals surface area contributed by atoms with Crippen molar-refractivity contribution in [2.45, 2.75) is 38.0 Å². The number of methoxy groups -OCH3 is 1. The highest BCUT2D eigenvalue weighted by Gasteiger charge is 2.34. The van der Waals surface area contributed by atoms with Crippen LogP contribution in [0.5, 0.6) is 5.88 Å². The van der Waals surface area contributed by atoms with Crippen molar-refractivity contribution in [3.63, 3.8) is 0 Å². The maximum Gasteiger partial charge on any atom is 0.234 e. The Kier molecular flexibility index (Phi) is 7.88. The fraction of sp³-hybridized carbons (Fsp3) is 0.542. The minimum Gasteiger partial charge on any atom is -0.481 e. The van der Waals surface area contributed by atoms with Gasteiger partial charge in [-0.3, -0.25) is 0 Å². The van der Waals surface area contributed by atoms with Gasteiger partial charge in [-0.1, -0.05) is 30.7 Å². The highest BCUT2D eigenvalue weighted by Crippen LogP contribution is 2.35. The van der Waals surface area contributed by atoms with E-state index in [1.807, 2.05) is 24.3 Å². The molecule has 178 valence electrons. The molecule has 2 aliphatic heterocycles. The van der Waals surface area contributed by atoms with Gasteiger partial charge in [0.1, 0.15) is 5.82 Å². The second-order valence-electron chi connectivity index (χ2n) is 8.97. The molecular weight excluding hydrogens is 458 g/mol. The maximum atomic E-state index is 6.29. The van der Waals surface area contributed by atoms with E-state index in [9.17, 15) is 0 Å². The Morgan fingerprint density at radius 1 is 1.24 bits per heavy atom. The lowest BCUT2D eigenvalue weighted by atomic mass is 9.74. The van der Waals surface area contributed by atoms with Crippen molar-refractivity contribution in [3.8, 4) is 5.88 Å². The van der Waals surface area contributed by atoms with Gasteiger partial charge in [0.2, 0.25) is 11.8 Å². The number of hydrogen-bond acceptors (Lipinski definition) is 6. The molecule has 2 fully saturated rings. The Morgan fingerprint density at radius 2 is 2.00 bits per heavy atom. The number of hydrogen-bond donors (Lipinski definition) is 2. The molecular formula is C24H32ClN5O2S. The Labute approximate surface area is 206 Å². The van der Waals surface area contributed by atoms with Gasteiger partial charge < -0.3 is 25.0 Å². The summed E-state index contributed by atoms with van der Waals surface area (Å²) in [4.78, 5) is 11.4. The maximum absolute atomic E-state index is 6.29. The molecule has 2 N–H and O–H groups in total. The fourth-order valence-corrected chi connectivity index (χ4v) is 4.87. The van der Waals surface area contributed by atoms with Gasteiger partial charge >= 0.3 is 0 Å². The number of aromatic nitrogens is 2. The molecule has 0 atom stereocenters. The highest BCUT2D eigenvalue weighted by atomic mass is 35.5. The van der Waals surface area contributed by atoms with Crippen molar-refractivity contribution < 1.29 is 9.47 Å². The number of ether oxygens (including phenoxy) is 2. The summed E-state index contributed by atoms with van der Waals surface area (Å²) in [7, 11) is 1.62. The first-order valence-corrected chi connectivity index (χ1v) is 12.3. The molecule has 0 unspecified atom stereocenters. The number of thiocarbonyl (C=S) groups is 1. The molecule has 9 heteroatoms. The molecule has 0 bridgehead atoms. The molecule has 3 heterocycles. The van der Waals surface area contributed by atoms with Crippen LogP contribution in [0.3, 0.4) is 0 Å². The topological polar surface area (TPSA) is 71.5 Å². The van der Waals surface area contributed by atoms with Crippen molar-refractivity contribution in [2.75, 3.05) is 50.2 Å². The van der Waals surface area contributed by atoms with Gasteiger partial charge in [-0.05, 0) is 61.5 Å². The van der Waals surface area contributed by atoms with Crippen LogP contribution in [0.4, 0.5) is 11.8 Å². The molecule has 2 aliphatic rings. The number of rotatable bonds is 6. The van der Waals surface area contributed by atoms with Crippen LogP contribution in [0.25, 0.3) is 0 Å². The summed E-state index contributed by atoms with van der Waals surface area (Å²) in [6, 6.07) is 9.96.